The lowest BCUT2D eigenvalue weighted by Gasteiger charge is -2.13. The van der Waals surface area contributed by atoms with E-state index < -0.39 is 23.3 Å². The first-order chi connectivity index (χ1) is 8.47. The average molecular weight is 253 g/mol. The Hall–Kier alpha value is -1.84. The summed E-state index contributed by atoms with van der Waals surface area (Å²) in [5.41, 5.74) is 0.164. The van der Waals surface area contributed by atoms with Gasteiger partial charge in [0, 0.05) is 17.5 Å². The van der Waals surface area contributed by atoms with Gasteiger partial charge in [-0.05, 0) is 35.9 Å². The minimum absolute atomic E-state index is 0.0139. The molecule has 0 bridgehead atoms. The second kappa shape index (κ2) is 4.80. The molecular formula is C14H9F4. The maximum atomic E-state index is 13.5. The maximum Gasteiger partial charge on any atom is 0.127 e. The molecule has 0 unspecified atom stereocenters. The van der Waals surface area contributed by atoms with Gasteiger partial charge < -0.3 is 0 Å². The summed E-state index contributed by atoms with van der Waals surface area (Å²) in [4.78, 5) is 0. The first kappa shape index (κ1) is 12.6. The molecule has 0 atom stereocenters. The number of halogens is 4. The van der Waals surface area contributed by atoms with Gasteiger partial charge >= 0.3 is 0 Å². The molecule has 2 aromatic rings. The van der Waals surface area contributed by atoms with Gasteiger partial charge in [0.15, 0.2) is 0 Å². The van der Waals surface area contributed by atoms with E-state index in [1.165, 1.54) is 6.92 Å². The largest absolute Gasteiger partial charge is 0.207 e. The fourth-order valence-corrected chi connectivity index (χ4v) is 1.71. The number of hydrogen-bond acceptors (Lipinski definition) is 0. The first-order valence-corrected chi connectivity index (χ1v) is 5.23. The van der Waals surface area contributed by atoms with Crippen molar-refractivity contribution in [3.8, 4) is 0 Å². The van der Waals surface area contributed by atoms with Gasteiger partial charge in [-0.25, -0.2) is 17.6 Å². The minimum Gasteiger partial charge on any atom is -0.207 e. The van der Waals surface area contributed by atoms with E-state index >= 15 is 0 Å². The molecule has 2 aromatic carbocycles. The van der Waals surface area contributed by atoms with Crippen molar-refractivity contribution in [2.45, 2.75) is 6.92 Å². The van der Waals surface area contributed by atoms with E-state index in [4.69, 9.17) is 0 Å². The van der Waals surface area contributed by atoms with Crippen LogP contribution in [-0.2, 0) is 0 Å². The van der Waals surface area contributed by atoms with Crippen LogP contribution in [0.25, 0.3) is 0 Å². The van der Waals surface area contributed by atoms with Crippen LogP contribution in [0, 0.1) is 29.2 Å². The van der Waals surface area contributed by atoms with Crippen LogP contribution in [0.1, 0.15) is 18.1 Å². The van der Waals surface area contributed by atoms with Gasteiger partial charge in [-0.1, -0.05) is 6.92 Å². The highest BCUT2D eigenvalue weighted by Crippen LogP contribution is 2.27. The Morgan fingerprint density at radius 2 is 1.39 bits per heavy atom. The molecule has 0 saturated carbocycles. The second-order valence-electron chi connectivity index (χ2n) is 3.91. The zero-order valence-electron chi connectivity index (χ0n) is 9.48. The van der Waals surface area contributed by atoms with Crippen LogP contribution in [0.3, 0.4) is 0 Å². The number of rotatable bonds is 2. The van der Waals surface area contributed by atoms with Crippen molar-refractivity contribution in [3.63, 3.8) is 0 Å². The fourth-order valence-electron chi connectivity index (χ4n) is 1.71. The van der Waals surface area contributed by atoms with Crippen LogP contribution in [0.2, 0.25) is 0 Å². The topological polar surface area (TPSA) is 0 Å². The summed E-state index contributed by atoms with van der Waals surface area (Å²) < 4.78 is 52.7. The van der Waals surface area contributed by atoms with Gasteiger partial charge in [-0.15, -0.1) is 0 Å². The van der Waals surface area contributed by atoms with E-state index in [0.717, 1.165) is 36.4 Å². The zero-order valence-corrected chi connectivity index (χ0v) is 9.48. The highest BCUT2D eigenvalue weighted by atomic mass is 19.1. The molecule has 0 aliphatic heterocycles. The monoisotopic (exact) mass is 253 g/mol. The molecule has 0 heterocycles. The standard InChI is InChI=1S/C14H9F4/c1-8(9-4-11(16)6-12(17)5-9)13-7-10(15)2-3-14(13)18/h2-7H,1H3. The molecule has 0 amide bonds. The molecule has 2 rings (SSSR count). The van der Waals surface area contributed by atoms with Crippen molar-refractivity contribution in [3.05, 3.63) is 76.7 Å². The molecule has 93 valence electrons. The molecular weight excluding hydrogens is 244 g/mol. The van der Waals surface area contributed by atoms with E-state index in [2.05, 4.69) is 0 Å². The fraction of sp³-hybridized carbons (Fsp3) is 0.0714. The zero-order chi connectivity index (χ0) is 13.3. The predicted molar refractivity (Wildman–Crippen MR) is 59.8 cm³/mol. The van der Waals surface area contributed by atoms with Crippen molar-refractivity contribution in [2.24, 2.45) is 0 Å². The van der Waals surface area contributed by atoms with Gasteiger partial charge in [-0.2, -0.15) is 0 Å². The summed E-state index contributed by atoms with van der Waals surface area (Å²) >= 11 is 0. The molecule has 1 radical (unpaired) electrons. The van der Waals surface area contributed by atoms with Crippen molar-refractivity contribution < 1.29 is 17.6 Å². The van der Waals surface area contributed by atoms with E-state index in [0.29, 0.717) is 0 Å². The van der Waals surface area contributed by atoms with Crippen LogP contribution in [0.4, 0.5) is 17.6 Å². The van der Waals surface area contributed by atoms with Crippen molar-refractivity contribution in [1.82, 2.24) is 0 Å². The smallest absolute Gasteiger partial charge is 0.127 e. The summed E-state index contributed by atoms with van der Waals surface area (Å²) in [6.07, 6.45) is 0. The SMILES string of the molecule is C[C](c1cc(F)cc(F)c1)c1cc(F)ccc1F. The lowest BCUT2D eigenvalue weighted by molar-refractivity contribution is 0.578. The van der Waals surface area contributed by atoms with Crippen LogP contribution in [0.5, 0.6) is 0 Å². The van der Waals surface area contributed by atoms with Gasteiger partial charge in [0.25, 0.3) is 0 Å². The Kier molecular flexibility index (Phi) is 3.36. The molecule has 0 fully saturated rings. The molecule has 18 heavy (non-hydrogen) atoms. The highest BCUT2D eigenvalue weighted by molar-refractivity contribution is 5.45. The highest BCUT2D eigenvalue weighted by Gasteiger charge is 2.16. The van der Waals surface area contributed by atoms with Crippen LogP contribution in [-0.4, -0.2) is 0 Å². The molecule has 0 aromatic heterocycles. The molecule has 0 nitrogen and oxygen atoms in total. The molecule has 0 aliphatic rings. The number of benzene rings is 2. The van der Waals surface area contributed by atoms with Crippen molar-refractivity contribution in [2.75, 3.05) is 0 Å². The molecule has 0 aliphatic carbocycles. The molecule has 4 heteroatoms. The minimum atomic E-state index is -0.763. The first-order valence-electron chi connectivity index (χ1n) is 5.23. The van der Waals surface area contributed by atoms with Gasteiger partial charge in [0.05, 0.1) is 0 Å². The Balaban J connectivity index is 2.47. The van der Waals surface area contributed by atoms with E-state index in [1.807, 2.05) is 0 Å². The Labute approximate surface area is 102 Å². The van der Waals surface area contributed by atoms with Crippen molar-refractivity contribution in [1.29, 1.82) is 0 Å². The Morgan fingerprint density at radius 3 is 2.00 bits per heavy atom. The lowest BCUT2D eigenvalue weighted by Crippen LogP contribution is -2.02. The quantitative estimate of drug-likeness (QED) is 0.702. The maximum absolute atomic E-state index is 13.5. The second-order valence-corrected chi connectivity index (χ2v) is 3.91. The van der Waals surface area contributed by atoms with Crippen LogP contribution < -0.4 is 0 Å². The van der Waals surface area contributed by atoms with E-state index in [9.17, 15) is 17.6 Å². The average Bonchev–Trinajstić information content (AvgIpc) is 2.30. The summed E-state index contributed by atoms with van der Waals surface area (Å²) in [6, 6.07) is 5.82. The third-order valence-corrected chi connectivity index (χ3v) is 2.63. The molecule has 0 saturated heterocycles. The van der Waals surface area contributed by atoms with Crippen LogP contribution >= 0.6 is 0 Å². The van der Waals surface area contributed by atoms with Gasteiger partial charge in [-0.3, -0.25) is 0 Å². The third kappa shape index (κ3) is 2.53. The summed E-state index contributed by atoms with van der Waals surface area (Å²) in [6.45, 7) is 1.48. The Bertz CT molecular complexity index is 558. The summed E-state index contributed by atoms with van der Waals surface area (Å²) in [7, 11) is 0. The lowest BCUT2D eigenvalue weighted by atomic mass is 9.92. The van der Waals surface area contributed by atoms with E-state index in [1.54, 1.807) is 0 Å². The predicted octanol–water partition coefficient (Wildman–Crippen LogP) is 4.23. The number of hydrogen-bond donors (Lipinski definition) is 0. The third-order valence-electron chi connectivity index (χ3n) is 2.63. The molecule has 0 N–H and O–H groups in total. The summed E-state index contributed by atoms with van der Waals surface area (Å²) in [5.74, 6) is -2.51. The van der Waals surface area contributed by atoms with Crippen molar-refractivity contribution >= 4 is 0 Å². The van der Waals surface area contributed by atoms with E-state index in [-0.39, 0.29) is 17.0 Å². The Morgan fingerprint density at radius 1 is 0.778 bits per heavy atom. The van der Waals surface area contributed by atoms with Crippen LogP contribution in [0.15, 0.2) is 36.4 Å². The molecule has 0 spiro atoms. The normalized spacial score (nSPS) is 11.0. The van der Waals surface area contributed by atoms with Gasteiger partial charge in [0.2, 0.25) is 0 Å². The summed E-state index contributed by atoms with van der Waals surface area (Å²) in [5, 5.41) is 0. The van der Waals surface area contributed by atoms with Gasteiger partial charge in [0.1, 0.15) is 23.3 Å².